The third-order valence-corrected chi connectivity index (χ3v) is 5.63. The molecule has 3 heteroatoms. The number of phenols is 1. The second kappa shape index (κ2) is 7.00. The van der Waals surface area contributed by atoms with E-state index in [-0.39, 0.29) is 17.3 Å². The molecule has 132 valence electrons. The number of hydrogen-bond acceptors (Lipinski definition) is 3. The molecule has 1 aliphatic rings. The molecule has 3 nitrogen and oxygen atoms in total. The number of carbonyl (C=O) groups excluding carboxylic acids is 1. The molecule has 2 rings (SSSR count). The summed E-state index contributed by atoms with van der Waals surface area (Å²) >= 11 is 0. The van der Waals surface area contributed by atoms with Gasteiger partial charge in [-0.3, -0.25) is 4.79 Å². The van der Waals surface area contributed by atoms with Crippen LogP contribution >= 0.6 is 0 Å². The zero-order chi connectivity index (χ0) is 18.1. The molecule has 0 unspecified atom stereocenters. The number of ether oxygens (including phenoxy) is 1. The Hall–Kier alpha value is -1.77. The van der Waals surface area contributed by atoms with Crippen LogP contribution in [0.25, 0.3) is 0 Å². The number of methoxy groups -OCH3 is 1. The lowest BCUT2D eigenvalue weighted by atomic mass is 9.60. The van der Waals surface area contributed by atoms with Crippen molar-refractivity contribution in [2.75, 3.05) is 7.11 Å². The number of hydrogen-bond donors (Lipinski definition) is 1. The maximum absolute atomic E-state index is 11.7. The van der Waals surface area contributed by atoms with E-state index in [4.69, 9.17) is 4.74 Å². The standard InChI is InChI=1S/C21H30O3/c1-13(2)16-11-15-7-8-17(14(3)4)21(5,10-9-20(23)24-6)18(15)12-19(16)22/h11-13,17,22H,3,7-10H2,1-2,4-6H3/t17-,21-/m0/s1. The quantitative estimate of drug-likeness (QED) is 0.619. The number of phenolic OH excluding ortho intramolecular Hbond substituents is 1. The lowest BCUT2D eigenvalue weighted by molar-refractivity contribution is -0.141. The highest BCUT2D eigenvalue weighted by Crippen LogP contribution is 2.49. The third-order valence-electron chi connectivity index (χ3n) is 5.63. The molecular formula is C21H30O3. The van der Waals surface area contributed by atoms with Gasteiger partial charge in [0.15, 0.2) is 0 Å². The van der Waals surface area contributed by atoms with Crippen LogP contribution in [0.3, 0.4) is 0 Å². The van der Waals surface area contributed by atoms with Crippen molar-refractivity contribution in [1.29, 1.82) is 0 Å². The van der Waals surface area contributed by atoms with Crippen LogP contribution in [-0.2, 0) is 21.4 Å². The highest BCUT2D eigenvalue weighted by Gasteiger charge is 2.41. The van der Waals surface area contributed by atoms with E-state index in [2.05, 4.69) is 40.3 Å². The number of rotatable bonds is 5. The van der Waals surface area contributed by atoms with Crippen molar-refractivity contribution in [1.82, 2.24) is 0 Å². The van der Waals surface area contributed by atoms with E-state index in [0.717, 1.165) is 29.5 Å². The van der Waals surface area contributed by atoms with Crippen LogP contribution in [0.5, 0.6) is 5.75 Å². The summed E-state index contributed by atoms with van der Waals surface area (Å²) < 4.78 is 4.83. The summed E-state index contributed by atoms with van der Waals surface area (Å²) in [5, 5.41) is 10.5. The van der Waals surface area contributed by atoms with Gasteiger partial charge in [0.2, 0.25) is 0 Å². The van der Waals surface area contributed by atoms with Gasteiger partial charge < -0.3 is 9.84 Å². The highest BCUT2D eigenvalue weighted by atomic mass is 16.5. The Kier molecular flexibility index (Phi) is 5.42. The molecular weight excluding hydrogens is 300 g/mol. The van der Waals surface area contributed by atoms with E-state index >= 15 is 0 Å². The molecule has 0 saturated heterocycles. The summed E-state index contributed by atoms with van der Waals surface area (Å²) in [6, 6.07) is 4.08. The van der Waals surface area contributed by atoms with E-state index in [1.807, 2.05) is 6.07 Å². The van der Waals surface area contributed by atoms with Gasteiger partial charge in [-0.2, -0.15) is 0 Å². The summed E-state index contributed by atoms with van der Waals surface area (Å²) in [4.78, 5) is 11.7. The van der Waals surface area contributed by atoms with Crippen molar-refractivity contribution in [3.8, 4) is 5.75 Å². The third kappa shape index (κ3) is 3.35. The largest absolute Gasteiger partial charge is 0.508 e. The average Bonchev–Trinajstić information content (AvgIpc) is 2.52. The number of aromatic hydroxyl groups is 1. The molecule has 2 atom stereocenters. The van der Waals surface area contributed by atoms with Crippen LogP contribution in [-0.4, -0.2) is 18.2 Å². The minimum atomic E-state index is -0.208. The normalized spacial score (nSPS) is 23.0. The molecule has 24 heavy (non-hydrogen) atoms. The first-order chi connectivity index (χ1) is 11.2. The second-order valence-corrected chi connectivity index (χ2v) is 7.65. The Morgan fingerprint density at radius 3 is 2.67 bits per heavy atom. The maximum atomic E-state index is 11.7. The molecule has 1 aromatic rings. The lowest BCUT2D eigenvalue weighted by Crippen LogP contribution is -2.38. The topological polar surface area (TPSA) is 46.5 Å². The summed E-state index contributed by atoms with van der Waals surface area (Å²) in [5.41, 5.74) is 4.38. The van der Waals surface area contributed by atoms with Gasteiger partial charge in [-0.1, -0.05) is 39.0 Å². The Morgan fingerprint density at radius 1 is 1.46 bits per heavy atom. The number of fused-ring (bicyclic) bond motifs is 1. The van der Waals surface area contributed by atoms with Crippen LogP contribution < -0.4 is 0 Å². The first-order valence-electron chi connectivity index (χ1n) is 8.79. The van der Waals surface area contributed by atoms with E-state index in [0.29, 0.717) is 24.5 Å². The van der Waals surface area contributed by atoms with Crippen molar-refractivity contribution < 1.29 is 14.6 Å². The molecule has 1 aromatic carbocycles. The monoisotopic (exact) mass is 330 g/mol. The fraction of sp³-hybridized carbons (Fsp3) is 0.571. The Bertz CT molecular complexity index is 645. The first-order valence-corrected chi connectivity index (χ1v) is 8.79. The predicted molar refractivity (Wildman–Crippen MR) is 97.4 cm³/mol. The number of esters is 1. The molecule has 0 spiro atoms. The molecule has 0 amide bonds. The van der Waals surface area contributed by atoms with Gasteiger partial charge in [0, 0.05) is 6.42 Å². The van der Waals surface area contributed by atoms with Crippen LogP contribution in [0.2, 0.25) is 0 Å². The number of carbonyl (C=O) groups is 1. The van der Waals surface area contributed by atoms with Gasteiger partial charge in [0.1, 0.15) is 5.75 Å². The Morgan fingerprint density at radius 2 is 2.12 bits per heavy atom. The van der Waals surface area contributed by atoms with Gasteiger partial charge >= 0.3 is 5.97 Å². The SMILES string of the molecule is C=C(C)[C@@H]1CCc2cc(C(C)C)c(O)cc2[C@@]1(C)CCC(=O)OC. The first kappa shape index (κ1) is 18.6. The van der Waals surface area contributed by atoms with E-state index in [1.54, 1.807) is 0 Å². The van der Waals surface area contributed by atoms with Gasteiger partial charge in [-0.15, -0.1) is 0 Å². The number of benzene rings is 1. The Labute approximate surface area is 145 Å². The molecule has 1 aliphatic carbocycles. The number of aryl methyl sites for hydroxylation is 1. The van der Waals surface area contributed by atoms with E-state index in [9.17, 15) is 9.90 Å². The second-order valence-electron chi connectivity index (χ2n) is 7.65. The summed E-state index contributed by atoms with van der Waals surface area (Å²) in [7, 11) is 1.43. The summed E-state index contributed by atoms with van der Waals surface area (Å²) in [5.74, 6) is 0.761. The molecule has 0 aliphatic heterocycles. The van der Waals surface area contributed by atoms with Crippen LogP contribution in [0.1, 0.15) is 69.6 Å². The minimum Gasteiger partial charge on any atom is -0.508 e. The van der Waals surface area contributed by atoms with Crippen LogP contribution in [0.15, 0.2) is 24.3 Å². The lowest BCUT2D eigenvalue weighted by Gasteiger charge is -2.44. The van der Waals surface area contributed by atoms with E-state index in [1.165, 1.54) is 12.7 Å². The smallest absolute Gasteiger partial charge is 0.305 e. The molecule has 0 aromatic heterocycles. The predicted octanol–water partition coefficient (Wildman–Crippen LogP) is 4.87. The van der Waals surface area contributed by atoms with Gasteiger partial charge in [0.05, 0.1) is 7.11 Å². The van der Waals surface area contributed by atoms with Crippen molar-refractivity contribution >= 4 is 5.97 Å². The van der Waals surface area contributed by atoms with Crippen molar-refractivity contribution in [3.63, 3.8) is 0 Å². The van der Waals surface area contributed by atoms with Gasteiger partial charge in [-0.05, 0) is 66.2 Å². The minimum absolute atomic E-state index is 0.188. The molecule has 0 saturated carbocycles. The fourth-order valence-electron chi connectivity index (χ4n) is 4.22. The van der Waals surface area contributed by atoms with Crippen molar-refractivity contribution in [2.24, 2.45) is 5.92 Å². The van der Waals surface area contributed by atoms with E-state index < -0.39 is 0 Å². The highest BCUT2D eigenvalue weighted by molar-refractivity contribution is 5.69. The van der Waals surface area contributed by atoms with Crippen LogP contribution in [0, 0.1) is 5.92 Å². The van der Waals surface area contributed by atoms with Gasteiger partial charge in [-0.25, -0.2) is 0 Å². The average molecular weight is 330 g/mol. The summed E-state index contributed by atoms with van der Waals surface area (Å²) in [6.07, 6.45) is 3.09. The molecule has 0 bridgehead atoms. The molecule has 0 fully saturated rings. The van der Waals surface area contributed by atoms with Crippen molar-refractivity contribution in [3.05, 3.63) is 41.0 Å². The van der Waals surface area contributed by atoms with Gasteiger partial charge in [0.25, 0.3) is 0 Å². The fourth-order valence-corrected chi connectivity index (χ4v) is 4.22. The maximum Gasteiger partial charge on any atom is 0.305 e. The summed E-state index contributed by atoms with van der Waals surface area (Å²) in [6.45, 7) is 12.6. The number of allylic oxidation sites excluding steroid dienone is 1. The molecule has 0 heterocycles. The zero-order valence-electron chi connectivity index (χ0n) is 15.6. The molecule has 1 N–H and O–H groups in total. The van der Waals surface area contributed by atoms with Crippen LogP contribution in [0.4, 0.5) is 0 Å². The van der Waals surface area contributed by atoms with Crippen molar-refractivity contribution in [2.45, 2.75) is 64.7 Å². The molecule has 0 radical (unpaired) electrons. The Balaban J connectivity index is 2.51. The zero-order valence-corrected chi connectivity index (χ0v) is 15.6.